The van der Waals surface area contributed by atoms with Gasteiger partial charge in [0.15, 0.2) is 0 Å². The van der Waals surface area contributed by atoms with E-state index in [9.17, 15) is 0 Å². The molecule has 0 saturated carbocycles. The number of benzene rings is 2. The van der Waals surface area contributed by atoms with E-state index in [1.54, 1.807) is 0 Å². The van der Waals surface area contributed by atoms with Crippen molar-refractivity contribution in [2.24, 2.45) is 0 Å². The summed E-state index contributed by atoms with van der Waals surface area (Å²) in [4.78, 5) is 4.52. The maximum atomic E-state index is 6.06. The molecule has 0 spiro atoms. The van der Waals surface area contributed by atoms with Gasteiger partial charge in [0, 0.05) is 24.4 Å². The Morgan fingerprint density at radius 3 is 2.71 bits per heavy atom. The lowest BCUT2D eigenvalue weighted by Gasteiger charge is -2.27. The van der Waals surface area contributed by atoms with Gasteiger partial charge in [0.05, 0.1) is 6.61 Å². The molecule has 28 heavy (non-hydrogen) atoms. The van der Waals surface area contributed by atoms with Crippen molar-refractivity contribution < 1.29 is 4.74 Å². The van der Waals surface area contributed by atoms with Crippen molar-refractivity contribution in [1.29, 1.82) is 0 Å². The highest BCUT2D eigenvalue weighted by molar-refractivity contribution is 5.40. The second kappa shape index (κ2) is 9.03. The van der Waals surface area contributed by atoms with Gasteiger partial charge in [-0.15, -0.1) is 0 Å². The highest BCUT2D eigenvalue weighted by Crippen LogP contribution is 2.29. The van der Waals surface area contributed by atoms with Crippen LogP contribution >= 0.6 is 0 Å². The normalized spacial score (nSPS) is 15.8. The number of nitrogens with zero attached hydrogens (tertiary/aromatic N) is 1. The first-order chi connectivity index (χ1) is 13.8. The predicted molar refractivity (Wildman–Crippen MR) is 114 cm³/mol. The van der Waals surface area contributed by atoms with Crippen molar-refractivity contribution >= 4 is 0 Å². The molecule has 0 saturated heterocycles. The molecule has 0 aliphatic carbocycles. The Bertz CT molecular complexity index is 890. The van der Waals surface area contributed by atoms with E-state index in [0.717, 1.165) is 43.7 Å². The number of fused-ring (bicyclic) bond motifs is 1. The summed E-state index contributed by atoms with van der Waals surface area (Å²) in [5, 5.41) is 3.68. The van der Waals surface area contributed by atoms with Crippen molar-refractivity contribution in [2.75, 3.05) is 13.2 Å². The van der Waals surface area contributed by atoms with Crippen LogP contribution in [-0.2, 0) is 25.7 Å². The highest BCUT2D eigenvalue weighted by atomic mass is 16.5. The molecule has 1 N–H and O–H groups in total. The quantitative estimate of drug-likeness (QED) is 0.653. The second-order valence-corrected chi connectivity index (χ2v) is 7.42. The number of ether oxygens (including phenoxy) is 1. The van der Waals surface area contributed by atoms with E-state index >= 15 is 0 Å². The van der Waals surface area contributed by atoms with E-state index in [1.807, 2.05) is 6.20 Å². The van der Waals surface area contributed by atoms with Gasteiger partial charge in [0.2, 0.25) is 0 Å². The molecule has 4 rings (SSSR count). The maximum absolute atomic E-state index is 6.06. The van der Waals surface area contributed by atoms with Gasteiger partial charge in [-0.1, -0.05) is 49.4 Å². The maximum Gasteiger partial charge on any atom is 0.119 e. The molecule has 2 heterocycles. The fraction of sp³-hybridized carbons (Fsp3) is 0.320. The summed E-state index contributed by atoms with van der Waals surface area (Å²) in [5.74, 6) is 0.950. The number of rotatable bonds is 7. The Hall–Kier alpha value is -2.65. The van der Waals surface area contributed by atoms with E-state index in [1.165, 1.54) is 22.3 Å². The Morgan fingerprint density at radius 1 is 1.04 bits per heavy atom. The predicted octanol–water partition coefficient (Wildman–Crippen LogP) is 4.70. The monoisotopic (exact) mass is 372 g/mol. The van der Waals surface area contributed by atoms with Gasteiger partial charge in [-0.2, -0.15) is 0 Å². The summed E-state index contributed by atoms with van der Waals surface area (Å²) < 4.78 is 6.06. The Balaban J connectivity index is 1.41. The third-order valence-electron chi connectivity index (χ3n) is 5.48. The highest BCUT2D eigenvalue weighted by Gasteiger charge is 2.20. The average Bonchev–Trinajstić information content (AvgIpc) is 2.75. The van der Waals surface area contributed by atoms with E-state index in [4.69, 9.17) is 4.74 Å². The zero-order valence-corrected chi connectivity index (χ0v) is 16.5. The fourth-order valence-electron chi connectivity index (χ4n) is 3.82. The number of pyridine rings is 1. The molecule has 3 heteroatoms. The molecule has 0 amide bonds. The first-order valence-electron chi connectivity index (χ1n) is 10.3. The van der Waals surface area contributed by atoms with Crippen LogP contribution in [0.3, 0.4) is 0 Å². The van der Waals surface area contributed by atoms with Crippen molar-refractivity contribution in [1.82, 2.24) is 10.3 Å². The number of aryl methyl sites for hydroxylation is 1. The van der Waals surface area contributed by atoms with Crippen LogP contribution in [0, 0.1) is 0 Å². The van der Waals surface area contributed by atoms with Gasteiger partial charge >= 0.3 is 0 Å². The van der Waals surface area contributed by atoms with Crippen LogP contribution in [0.25, 0.3) is 0 Å². The summed E-state index contributed by atoms with van der Waals surface area (Å²) in [6.45, 7) is 3.83. The molecule has 0 radical (unpaired) electrons. The standard InChI is InChI=1S/C25H28N2O/c1-2-19-8-10-22(27-18-19)13-15-28-23-11-9-21-12-14-26-25(24(21)17-23)16-20-6-4-3-5-7-20/h3-11,17-18,25-26H,2,12-16H2,1H3. The average molecular weight is 373 g/mol. The SMILES string of the molecule is CCc1ccc(CCOc2ccc3c(c2)C(Cc2ccccc2)NCC3)nc1. The summed E-state index contributed by atoms with van der Waals surface area (Å²) in [5.41, 5.74) is 6.53. The molecule has 3 nitrogen and oxygen atoms in total. The number of aromatic nitrogens is 1. The van der Waals surface area contributed by atoms with Crippen LogP contribution < -0.4 is 10.1 Å². The molecule has 3 aromatic rings. The summed E-state index contributed by atoms with van der Waals surface area (Å²) in [6, 6.07) is 21.9. The molecular formula is C25H28N2O. The second-order valence-electron chi connectivity index (χ2n) is 7.42. The van der Waals surface area contributed by atoms with Gasteiger partial charge in [-0.3, -0.25) is 4.98 Å². The zero-order chi connectivity index (χ0) is 19.2. The van der Waals surface area contributed by atoms with Crippen LogP contribution in [0.15, 0.2) is 66.9 Å². The zero-order valence-electron chi connectivity index (χ0n) is 16.5. The van der Waals surface area contributed by atoms with Crippen LogP contribution in [-0.4, -0.2) is 18.1 Å². The lowest BCUT2D eigenvalue weighted by molar-refractivity contribution is 0.319. The third-order valence-corrected chi connectivity index (χ3v) is 5.48. The van der Waals surface area contributed by atoms with Crippen LogP contribution in [0.1, 0.15) is 40.9 Å². The summed E-state index contributed by atoms with van der Waals surface area (Å²) in [6.07, 6.45) is 5.90. The first kappa shape index (κ1) is 18.7. The molecule has 144 valence electrons. The lowest BCUT2D eigenvalue weighted by atomic mass is 9.90. The number of nitrogens with one attached hydrogen (secondary N) is 1. The van der Waals surface area contributed by atoms with Gasteiger partial charge in [-0.25, -0.2) is 0 Å². The minimum atomic E-state index is 0.345. The van der Waals surface area contributed by atoms with Gasteiger partial charge in [0.1, 0.15) is 5.75 Å². The topological polar surface area (TPSA) is 34.1 Å². The molecule has 2 aromatic carbocycles. The minimum absolute atomic E-state index is 0.345. The van der Waals surface area contributed by atoms with Gasteiger partial charge in [0.25, 0.3) is 0 Å². The van der Waals surface area contributed by atoms with E-state index < -0.39 is 0 Å². The van der Waals surface area contributed by atoms with E-state index in [2.05, 4.69) is 77.9 Å². The molecule has 0 fully saturated rings. The lowest BCUT2D eigenvalue weighted by Crippen LogP contribution is -2.31. The van der Waals surface area contributed by atoms with Crippen LogP contribution in [0.5, 0.6) is 5.75 Å². The molecule has 1 aromatic heterocycles. The third kappa shape index (κ3) is 4.60. The fourth-order valence-corrected chi connectivity index (χ4v) is 3.82. The number of hydrogen-bond donors (Lipinski definition) is 1. The Kier molecular flexibility index (Phi) is 6.03. The Labute approximate surface area is 167 Å². The minimum Gasteiger partial charge on any atom is -0.493 e. The van der Waals surface area contributed by atoms with Crippen molar-refractivity contribution in [3.05, 3.63) is 94.8 Å². The van der Waals surface area contributed by atoms with Crippen LogP contribution in [0.2, 0.25) is 0 Å². The molecule has 1 atom stereocenters. The number of hydrogen-bond acceptors (Lipinski definition) is 3. The smallest absolute Gasteiger partial charge is 0.119 e. The first-order valence-corrected chi connectivity index (χ1v) is 10.3. The van der Waals surface area contributed by atoms with Gasteiger partial charge in [-0.05, 0) is 66.3 Å². The van der Waals surface area contributed by atoms with E-state index in [-0.39, 0.29) is 0 Å². The molecule has 1 aliphatic heterocycles. The van der Waals surface area contributed by atoms with E-state index in [0.29, 0.717) is 12.6 Å². The molecule has 0 bridgehead atoms. The molecular weight excluding hydrogens is 344 g/mol. The van der Waals surface area contributed by atoms with Crippen LogP contribution in [0.4, 0.5) is 0 Å². The Morgan fingerprint density at radius 2 is 1.93 bits per heavy atom. The largest absolute Gasteiger partial charge is 0.493 e. The molecule has 1 unspecified atom stereocenters. The van der Waals surface area contributed by atoms with Gasteiger partial charge < -0.3 is 10.1 Å². The van der Waals surface area contributed by atoms with Crippen molar-refractivity contribution in [3.8, 4) is 5.75 Å². The van der Waals surface area contributed by atoms with Crippen molar-refractivity contribution in [3.63, 3.8) is 0 Å². The summed E-state index contributed by atoms with van der Waals surface area (Å²) in [7, 11) is 0. The molecule has 1 aliphatic rings. The summed E-state index contributed by atoms with van der Waals surface area (Å²) >= 11 is 0. The van der Waals surface area contributed by atoms with Crippen molar-refractivity contribution in [2.45, 2.75) is 38.6 Å².